The third-order valence-corrected chi connectivity index (χ3v) is 4.95. The van der Waals surface area contributed by atoms with Gasteiger partial charge in [-0.3, -0.25) is 9.78 Å². The zero-order valence-electron chi connectivity index (χ0n) is 14.0. The first-order valence-electron chi connectivity index (χ1n) is 8.63. The fraction of sp³-hybridized carbons (Fsp3) is 0.667. The molecule has 1 aromatic rings. The lowest BCUT2D eigenvalue weighted by Crippen LogP contribution is -2.58. The molecule has 2 aliphatic rings. The highest BCUT2D eigenvalue weighted by molar-refractivity contribution is 5.85. The van der Waals surface area contributed by atoms with Gasteiger partial charge in [0, 0.05) is 83.1 Å². The molecule has 0 aliphatic carbocycles. The summed E-state index contributed by atoms with van der Waals surface area (Å²) in [6, 6.07) is 6.06. The summed E-state index contributed by atoms with van der Waals surface area (Å²) in [5.41, 5.74) is 1.13. The van der Waals surface area contributed by atoms with Gasteiger partial charge in [-0.25, -0.2) is 0 Å². The van der Waals surface area contributed by atoms with Crippen molar-refractivity contribution in [1.82, 2.24) is 14.8 Å². The molecule has 2 saturated heterocycles. The van der Waals surface area contributed by atoms with Gasteiger partial charge in [-0.15, -0.1) is 0 Å². The lowest BCUT2D eigenvalue weighted by atomic mass is 9.83. The molecule has 0 N–H and O–H groups in total. The Bertz CT molecular complexity index is 490. The molecule has 2 unspecified atom stereocenters. The number of Topliss-reactive ketones (excluding diaryl/α,β-unsaturated/α-hetero) is 1. The molecule has 2 bridgehead atoms. The van der Waals surface area contributed by atoms with Gasteiger partial charge < -0.3 is 14.5 Å². The van der Waals surface area contributed by atoms with Crippen LogP contribution in [0.4, 0.5) is 0 Å². The lowest BCUT2D eigenvalue weighted by molar-refractivity contribution is -0.137. The zero-order valence-corrected chi connectivity index (χ0v) is 14.0. The van der Waals surface area contributed by atoms with Gasteiger partial charge in [0.2, 0.25) is 0 Å². The van der Waals surface area contributed by atoms with Crippen molar-refractivity contribution in [3.63, 3.8) is 0 Å². The molecule has 0 radical (unpaired) electrons. The smallest absolute Gasteiger partial charge is 0.144 e. The van der Waals surface area contributed by atoms with Gasteiger partial charge >= 0.3 is 0 Å². The number of nitrogens with zero attached hydrogens (tertiary/aromatic N) is 3. The number of piperidine rings is 2. The van der Waals surface area contributed by atoms with E-state index in [2.05, 4.69) is 20.9 Å². The number of carbonyl (C=O) groups excluding carboxylic acids is 1. The minimum Gasteiger partial charge on any atom is -0.385 e. The summed E-state index contributed by atoms with van der Waals surface area (Å²) >= 11 is 0. The van der Waals surface area contributed by atoms with E-state index in [1.807, 2.05) is 18.3 Å². The summed E-state index contributed by atoms with van der Waals surface area (Å²) in [7, 11) is 1.74. The Labute approximate surface area is 138 Å². The van der Waals surface area contributed by atoms with Crippen molar-refractivity contribution in [2.45, 2.75) is 12.8 Å². The van der Waals surface area contributed by atoms with E-state index in [0.717, 1.165) is 64.4 Å². The molecule has 0 spiro atoms. The van der Waals surface area contributed by atoms with E-state index < -0.39 is 0 Å². The normalized spacial score (nSPS) is 25.7. The first-order chi connectivity index (χ1) is 11.3. The standard InChI is InChI=1S/C18H27N3O2/c1-23-10-4-8-20-11-15-13-21(14-16(12-20)18(15)22)9-6-17-5-2-3-7-19-17/h2-3,5,7,15-16H,4,6,8-14H2,1H3. The van der Waals surface area contributed by atoms with Crippen molar-refractivity contribution in [3.8, 4) is 0 Å². The molecule has 2 aliphatic heterocycles. The van der Waals surface area contributed by atoms with Gasteiger partial charge in [-0.2, -0.15) is 0 Å². The van der Waals surface area contributed by atoms with Gasteiger partial charge in [-0.05, 0) is 18.6 Å². The zero-order chi connectivity index (χ0) is 16.1. The van der Waals surface area contributed by atoms with Crippen molar-refractivity contribution in [2.75, 3.05) is 53.0 Å². The van der Waals surface area contributed by atoms with Crippen LogP contribution in [0.15, 0.2) is 24.4 Å². The van der Waals surface area contributed by atoms with Gasteiger partial charge in [-0.1, -0.05) is 6.07 Å². The fourth-order valence-electron chi connectivity index (χ4n) is 3.82. The van der Waals surface area contributed by atoms with Crippen LogP contribution < -0.4 is 0 Å². The van der Waals surface area contributed by atoms with E-state index in [-0.39, 0.29) is 11.8 Å². The summed E-state index contributed by atoms with van der Waals surface area (Å²) in [4.78, 5) is 21.7. The molecular weight excluding hydrogens is 290 g/mol. The van der Waals surface area contributed by atoms with Crippen LogP contribution in [-0.4, -0.2) is 73.6 Å². The highest BCUT2D eigenvalue weighted by Crippen LogP contribution is 2.25. The number of likely N-dealkylation sites (tertiary alicyclic amines) is 2. The molecule has 5 nitrogen and oxygen atoms in total. The number of ketones is 1. The van der Waals surface area contributed by atoms with Crippen molar-refractivity contribution in [2.24, 2.45) is 11.8 Å². The Balaban J connectivity index is 1.50. The predicted octanol–water partition coefficient (Wildman–Crippen LogP) is 1.09. The second-order valence-corrected chi connectivity index (χ2v) is 6.73. The molecule has 126 valence electrons. The number of rotatable bonds is 7. The average molecular weight is 317 g/mol. The van der Waals surface area contributed by atoms with Crippen LogP contribution in [0, 0.1) is 11.8 Å². The molecule has 5 heteroatoms. The molecule has 23 heavy (non-hydrogen) atoms. The van der Waals surface area contributed by atoms with Crippen LogP contribution in [0.25, 0.3) is 0 Å². The Morgan fingerprint density at radius 2 is 1.83 bits per heavy atom. The fourth-order valence-corrected chi connectivity index (χ4v) is 3.82. The molecule has 2 atom stereocenters. The number of methoxy groups -OCH3 is 1. The van der Waals surface area contributed by atoms with Gasteiger partial charge in [0.05, 0.1) is 0 Å². The third kappa shape index (κ3) is 4.37. The molecule has 0 amide bonds. The lowest BCUT2D eigenvalue weighted by Gasteiger charge is -2.44. The van der Waals surface area contributed by atoms with Crippen LogP contribution >= 0.6 is 0 Å². The maximum atomic E-state index is 12.4. The number of carbonyl (C=O) groups is 1. The van der Waals surface area contributed by atoms with Crippen LogP contribution in [0.1, 0.15) is 12.1 Å². The second kappa shape index (κ2) is 7.99. The van der Waals surface area contributed by atoms with Crippen LogP contribution in [0.5, 0.6) is 0 Å². The highest BCUT2D eigenvalue weighted by atomic mass is 16.5. The number of pyridine rings is 1. The van der Waals surface area contributed by atoms with E-state index in [9.17, 15) is 4.79 Å². The van der Waals surface area contributed by atoms with E-state index in [4.69, 9.17) is 4.74 Å². The van der Waals surface area contributed by atoms with Crippen molar-refractivity contribution < 1.29 is 9.53 Å². The first-order valence-corrected chi connectivity index (χ1v) is 8.63. The van der Waals surface area contributed by atoms with Crippen molar-refractivity contribution in [1.29, 1.82) is 0 Å². The molecule has 3 rings (SSSR count). The molecule has 3 heterocycles. The third-order valence-electron chi connectivity index (χ3n) is 4.95. The van der Waals surface area contributed by atoms with E-state index >= 15 is 0 Å². The van der Waals surface area contributed by atoms with E-state index in [1.165, 1.54) is 0 Å². The Morgan fingerprint density at radius 3 is 2.43 bits per heavy atom. The number of fused-ring (bicyclic) bond motifs is 2. The Hall–Kier alpha value is -1.30. The largest absolute Gasteiger partial charge is 0.385 e. The quantitative estimate of drug-likeness (QED) is 0.705. The average Bonchev–Trinajstić information content (AvgIpc) is 2.55. The molecule has 2 fully saturated rings. The maximum absolute atomic E-state index is 12.4. The number of ether oxygens (including phenoxy) is 1. The SMILES string of the molecule is COCCCN1CC2CN(CCc3ccccn3)CC(C1)C2=O. The summed E-state index contributed by atoms with van der Waals surface area (Å²) in [6.45, 7) is 6.49. The van der Waals surface area contributed by atoms with E-state index in [1.54, 1.807) is 7.11 Å². The number of hydrogen-bond acceptors (Lipinski definition) is 5. The summed E-state index contributed by atoms with van der Waals surface area (Å²) in [5.74, 6) is 0.865. The predicted molar refractivity (Wildman–Crippen MR) is 89.3 cm³/mol. The molecule has 0 aromatic carbocycles. The Kier molecular flexibility index (Phi) is 5.75. The van der Waals surface area contributed by atoms with Gasteiger partial charge in [0.25, 0.3) is 0 Å². The topological polar surface area (TPSA) is 45.7 Å². The second-order valence-electron chi connectivity index (χ2n) is 6.73. The maximum Gasteiger partial charge on any atom is 0.144 e. The molecule has 1 aromatic heterocycles. The van der Waals surface area contributed by atoms with Crippen LogP contribution in [-0.2, 0) is 16.0 Å². The summed E-state index contributed by atoms with van der Waals surface area (Å²) in [5, 5.41) is 0. The van der Waals surface area contributed by atoms with Crippen molar-refractivity contribution >= 4 is 5.78 Å². The summed E-state index contributed by atoms with van der Waals surface area (Å²) in [6.07, 6.45) is 3.86. The minimum atomic E-state index is 0.189. The van der Waals surface area contributed by atoms with Crippen LogP contribution in [0.2, 0.25) is 0 Å². The first kappa shape index (κ1) is 16.6. The van der Waals surface area contributed by atoms with Gasteiger partial charge in [0.15, 0.2) is 0 Å². The monoisotopic (exact) mass is 317 g/mol. The number of aromatic nitrogens is 1. The molecule has 0 saturated carbocycles. The van der Waals surface area contributed by atoms with Crippen molar-refractivity contribution in [3.05, 3.63) is 30.1 Å². The van der Waals surface area contributed by atoms with E-state index in [0.29, 0.717) is 5.78 Å². The highest BCUT2D eigenvalue weighted by Gasteiger charge is 2.40. The number of hydrogen-bond donors (Lipinski definition) is 0. The summed E-state index contributed by atoms with van der Waals surface area (Å²) < 4.78 is 5.13. The Morgan fingerprint density at radius 1 is 1.13 bits per heavy atom. The van der Waals surface area contributed by atoms with Gasteiger partial charge in [0.1, 0.15) is 5.78 Å². The molecular formula is C18H27N3O2. The minimum absolute atomic E-state index is 0.189. The van der Waals surface area contributed by atoms with Crippen LogP contribution in [0.3, 0.4) is 0 Å².